The summed E-state index contributed by atoms with van der Waals surface area (Å²) >= 11 is 0. The van der Waals surface area contributed by atoms with Crippen molar-refractivity contribution in [2.24, 2.45) is 0 Å². The SMILES string of the molecule is C=CCOc1cc(OCC=C)c(C(=O)OC)cc1C. The molecule has 102 valence electrons. The molecule has 4 nitrogen and oxygen atoms in total. The van der Waals surface area contributed by atoms with Crippen molar-refractivity contribution in [3.05, 3.63) is 48.6 Å². The molecule has 0 unspecified atom stereocenters. The minimum Gasteiger partial charge on any atom is -0.489 e. The number of aryl methyl sites for hydroxylation is 1. The van der Waals surface area contributed by atoms with Crippen LogP contribution in [0.3, 0.4) is 0 Å². The van der Waals surface area contributed by atoms with Gasteiger partial charge in [-0.05, 0) is 18.6 Å². The van der Waals surface area contributed by atoms with Gasteiger partial charge in [0.2, 0.25) is 0 Å². The van der Waals surface area contributed by atoms with E-state index in [0.29, 0.717) is 30.3 Å². The Kier molecular flexibility index (Phi) is 5.67. The monoisotopic (exact) mass is 262 g/mol. The van der Waals surface area contributed by atoms with Gasteiger partial charge in [-0.3, -0.25) is 0 Å². The molecule has 0 aliphatic carbocycles. The zero-order chi connectivity index (χ0) is 14.3. The van der Waals surface area contributed by atoms with E-state index in [-0.39, 0.29) is 0 Å². The topological polar surface area (TPSA) is 44.8 Å². The first-order chi connectivity index (χ1) is 9.13. The highest BCUT2D eigenvalue weighted by Crippen LogP contribution is 2.29. The lowest BCUT2D eigenvalue weighted by molar-refractivity contribution is 0.0596. The van der Waals surface area contributed by atoms with E-state index in [4.69, 9.17) is 14.2 Å². The van der Waals surface area contributed by atoms with Crippen molar-refractivity contribution in [2.45, 2.75) is 6.92 Å². The van der Waals surface area contributed by atoms with Gasteiger partial charge in [-0.2, -0.15) is 0 Å². The lowest BCUT2D eigenvalue weighted by Gasteiger charge is -2.13. The van der Waals surface area contributed by atoms with Gasteiger partial charge >= 0.3 is 5.97 Å². The Morgan fingerprint density at radius 2 is 1.74 bits per heavy atom. The Labute approximate surface area is 113 Å². The van der Waals surface area contributed by atoms with Crippen molar-refractivity contribution < 1.29 is 19.0 Å². The summed E-state index contributed by atoms with van der Waals surface area (Å²) in [7, 11) is 1.33. The Morgan fingerprint density at radius 3 is 2.26 bits per heavy atom. The van der Waals surface area contributed by atoms with Crippen LogP contribution in [-0.4, -0.2) is 26.3 Å². The third-order valence-electron chi connectivity index (χ3n) is 2.40. The molecule has 0 N–H and O–H groups in total. The molecule has 1 aromatic carbocycles. The molecular weight excluding hydrogens is 244 g/mol. The average molecular weight is 262 g/mol. The molecule has 19 heavy (non-hydrogen) atoms. The van der Waals surface area contributed by atoms with E-state index < -0.39 is 5.97 Å². The predicted octanol–water partition coefficient (Wildman–Crippen LogP) is 2.91. The van der Waals surface area contributed by atoms with Crippen LogP contribution in [0.15, 0.2) is 37.4 Å². The number of benzene rings is 1. The molecule has 0 saturated carbocycles. The Balaban J connectivity index is 3.15. The smallest absolute Gasteiger partial charge is 0.341 e. The van der Waals surface area contributed by atoms with Crippen molar-refractivity contribution in [3.8, 4) is 11.5 Å². The number of hydrogen-bond donors (Lipinski definition) is 0. The fourth-order valence-electron chi connectivity index (χ4n) is 1.51. The molecule has 1 rings (SSSR count). The van der Waals surface area contributed by atoms with Crippen LogP contribution >= 0.6 is 0 Å². The maximum absolute atomic E-state index is 11.7. The second-order valence-electron chi connectivity index (χ2n) is 3.80. The third kappa shape index (κ3) is 3.88. The number of rotatable bonds is 7. The summed E-state index contributed by atoms with van der Waals surface area (Å²) in [5.41, 5.74) is 1.20. The fourth-order valence-corrected chi connectivity index (χ4v) is 1.51. The van der Waals surface area contributed by atoms with Crippen LogP contribution in [0.5, 0.6) is 11.5 Å². The van der Waals surface area contributed by atoms with E-state index in [1.165, 1.54) is 7.11 Å². The zero-order valence-corrected chi connectivity index (χ0v) is 11.3. The van der Waals surface area contributed by atoms with Gasteiger partial charge in [-0.1, -0.05) is 25.3 Å². The summed E-state index contributed by atoms with van der Waals surface area (Å²) in [6.45, 7) is 9.70. The highest BCUT2D eigenvalue weighted by molar-refractivity contribution is 5.93. The molecule has 0 spiro atoms. The largest absolute Gasteiger partial charge is 0.489 e. The first kappa shape index (κ1) is 14.8. The maximum atomic E-state index is 11.7. The number of esters is 1. The van der Waals surface area contributed by atoms with E-state index in [0.717, 1.165) is 5.56 Å². The molecule has 0 bridgehead atoms. The normalized spacial score (nSPS) is 9.58. The molecule has 4 heteroatoms. The molecule has 0 radical (unpaired) electrons. The molecular formula is C15H18O4. The maximum Gasteiger partial charge on any atom is 0.341 e. The van der Waals surface area contributed by atoms with E-state index >= 15 is 0 Å². The van der Waals surface area contributed by atoms with Crippen molar-refractivity contribution in [1.82, 2.24) is 0 Å². The van der Waals surface area contributed by atoms with Crippen molar-refractivity contribution in [1.29, 1.82) is 0 Å². The molecule has 0 aromatic heterocycles. The lowest BCUT2D eigenvalue weighted by atomic mass is 10.1. The van der Waals surface area contributed by atoms with Crippen LogP contribution < -0.4 is 9.47 Å². The second-order valence-corrected chi connectivity index (χ2v) is 3.80. The van der Waals surface area contributed by atoms with Crippen LogP contribution in [-0.2, 0) is 4.74 Å². The van der Waals surface area contributed by atoms with Crippen molar-refractivity contribution in [2.75, 3.05) is 20.3 Å². The molecule has 0 amide bonds. The number of hydrogen-bond acceptors (Lipinski definition) is 4. The second kappa shape index (κ2) is 7.26. The van der Waals surface area contributed by atoms with E-state index in [1.807, 2.05) is 6.92 Å². The Bertz CT molecular complexity index is 477. The minimum atomic E-state index is -0.447. The Hall–Kier alpha value is -2.23. The summed E-state index contributed by atoms with van der Waals surface area (Å²) in [6, 6.07) is 3.36. The molecule has 1 aromatic rings. The number of carbonyl (C=O) groups is 1. The minimum absolute atomic E-state index is 0.300. The van der Waals surface area contributed by atoms with Crippen LogP contribution in [0.4, 0.5) is 0 Å². The number of carbonyl (C=O) groups excluding carboxylic acids is 1. The summed E-state index contributed by atoms with van der Waals surface area (Å²) in [5, 5.41) is 0. The first-order valence-electron chi connectivity index (χ1n) is 5.84. The zero-order valence-electron chi connectivity index (χ0n) is 11.3. The highest BCUT2D eigenvalue weighted by atomic mass is 16.5. The van der Waals surface area contributed by atoms with Gasteiger partial charge in [0.1, 0.15) is 30.3 Å². The average Bonchev–Trinajstić information content (AvgIpc) is 2.43. The summed E-state index contributed by atoms with van der Waals surface area (Å²) < 4.78 is 15.7. The first-order valence-corrected chi connectivity index (χ1v) is 5.84. The number of ether oxygens (including phenoxy) is 3. The van der Waals surface area contributed by atoms with Gasteiger partial charge in [0.15, 0.2) is 0 Å². The van der Waals surface area contributed by atoms with Gasteiger partial charge in [0, 0.05) is 6.07 Å². The quantitative estimate of drug-likeness (QED) is 0.560. The van der Waals surface area contributed by atoms with Gasteiger partial charge in [-0.25, -0.2) is 4.79 Å². The predicted molar refractivity (Wildman–Crippen MR) is 73.9 cm³/mol. The van der Waals surface area contributed by atoms with Crippen LogP contribution in [0.2, 0.25) is 0 Å². The number of methoxy groups -OCH3 is 1. The van der Waals surface area contributed by atoms with Gasteiger partial charge in [0.25, 0.3) is 0 Å². The lowest BCUT2D eigenvalue weighted by Crippen LogP contribution is -2.07. The summed E-state index contributed by atoms with van der Waals surface area (Å²) in [5.74, 6) is 0.612. The third-order valence-corrected chi connectivity index (χ3v) is 2.40. The standard InChI is InChI=1S/C15H18O4/c1-5-7-18-13-10-14(19-8-6-2)12(9-11(13)3)15(16)17-4/h5-6,9-10H,1-2,7-8H2,3-4H3. The molecule has 0 aliphatic rings. The van der Waals surface area contributed by atoms with E-state index in [9.17, 15) is 4.79 Å². The van der Waals surface area contributed by atoms with Gasteiger partial charge in [0.05, 0.1) is 7.11 Å². The van der Waals surface area contributed by atoms with Crippen LogP contribution in [0.1, 0.15) is 15.9 Å². The molecule has 0 heterocycles. The molecule has 0 saturated heterocycles. The van der Waals surface area contributed by atoms with Crippen molar-refractivity contribution in [3.63, 3.8) is 0 Å². The summed E-state index contributed by atoms with van der Waals surface area (Å²) in [6.07, 6.45) is 3.25. The van der Waals surface area contributed by atoms with E-state index in [1.54, 1.807) is 24.3 Å². The van der Waals surface area contributed by atoms with Gasteiger partial charge in [-0.15, -0.1) is 0 Å². The van der Waals surface area contributed by atoms with Gasteiger partial charge < -0.3 is 14.2 Å². The van der Waals surface area contributed by atoms with E-state index in [2.05, 4.69) is 13.2 Å². The molecule has 0 atom stereocenters. The molecule has 0 aliphatic heterocycles. The van der Waals surface area contributed by atoms with Crippen molar-refractivity contribution >= 4 is 5.97 Å². The summed E-state index contributed by atoms with van der Waals surface area (Å²) in [4.78, 5) is 11.7. The van der Waals surface area contributed by atoms with Crippen LogP contribution in [0.25, 0.3) is 0 Å². The molecule has 0 fully saturated rings. The fraction of sp³-hybridized carbons (Fsp3) is 0.267. The highest BCUT2D eigenvalue weighted by Gasteiger charge is 2.16. The van der Waals surface area contributed by atoms with Crippen LogP contribution in [0, 0.1) is 6.92 Å². The Morgan fingerprint density at radius 1 is 1.16 bits per heavy atom.